The zero-order valence-corrected chi connectivity index (χ0v) is 12.6. The van der Waals surface area contributed by atoms with Crippen molar-refractivity contribution in [3.05, 3.63) is 34.1 Å². The Labute approximate surface area is 117 Å². The van der Waals surface area contributed by atoms with E-state index in [1.165, 1.54) is 24.8 Å². The van der Waals surface area contributed by atoms with Crippen molar-refractivity contribution in [3.63, 3.8) is 0 Å². The molecule has 0 radical (unpaired) electrons. The molecule has 3 unspecified atom stereocenters. The molecule has 1 aromatic carbocycles. The first-order valence-electron chi connectivity index (χ1n) is 6.85. The molecule has 3 atom stereocenters. The van der Waals surface area contributed by atoms with Crippen molar-refractivity contribution in [1.82, 2.24) is 5.32 Å². The summed E-state index contributed by atoms with van der Waals surface area (Å²) in [6.07, 6.45) is 3.54. The van der Waals surface area contributed by atoms with Gasteiger partial charge in [0.2, 0.25) is 0 Å². The molecule has 0 heterocycles. The Bertz CT molecular complexity index is 407. The maximum atomic E-state index is 13.2. The first-order valence-corrected chi connectivity index (χ1v) is 7.65. The van der Waals surface area contributed by atoms with E-state index < -0.39 is 0 Å². The molecule has 0 aromatic heterocycles. The molecule has 1 aliphatic carbocycles. The van der Waals surface area contributed by atoms with Gasteiger partial charge in [-0.15, -0.1) is 0 Å². The molecular formula is C15H21BrFN. The fraction of sp³-hybridized carbons (Fsp3) is 0.600. The largest absolute Gasteiger partial charge is 0.314 e. The highest BCUT2D eigenvalue weighted by atomic mass is 79.9. The van der Waals surface area contributed by atoms with Gasteiger partial charge in [-0.2, -0.15) is 0 Å². The van der Waals surface area contributed by atoms with Gasteiger partial charge in [0.05, 0.1) is 4.47 Å². The fourth-order valence-electron chi connectivity index (χ4n) is 2.97. The normalized spacial score (nSPS) is 27.0. The molecule has 0 spiro atoms. The van der Waals surface area contributed by atoms with Crippen LogP contribution in [0.15, 0.2) is 22.7 Å². The van der Waals surface area contributed by atoms with Crippen molar-refractivity contribution in [2.75, 3.05) is 6.54 Å². The van der Waals surface area contributed by atoms with E-state index >= 15 is 0 Å². The highest BCUT2D eigenvalue weighted by molar-refractivity contribution is 9.10. The maximum Gasteiger partial charge on any atom is 0.137 e. The molecule has 3 heteroatoms. The summed E-state index contributed by atoms with van der Waals surface area (Å²) in [7, 11) is 0. The lowest BCUT2D eigenvalue weighted by molar-refractivity contribution is 0.161. The number of rotatable bonds is 5. The predicted molar refractivity (Wildman–Crippen MR) is 77.3 cm³/mol. The molecule has 0 aliphatic heterocycles. The second kappa shape index (κ2) is 6.16. The Morgan fingerprint density at radius 3 is 2.78 bits per heavy atom. The van der Waals surface area contributed by atoms with E-state index in [2.05, 4.69) is 35.1 Å². The van der Waals surface area contributed by atoms with Crippen molar-refractivity contribution >= 4 is 15.9 Å². The molecule has 1 nitrogen and oxygen atoms in total. The monoisotopic (exact) mass is 313 g/mol. The summed E-state index contributed by atoms with van der Waals surface area (Å²) in [4.78, 5) is 0. The summed E-state index contributed by atoms with van der Waals surface area (Å²) in [5.41, 5.74) is 1.27. The Kier molecular flexibility index (Phi) is 4.79. The lowest BCUT2D eigenvalue weighted by Crippen LogP contribution is -2.49. The van der Waals surface area contributed by atoms with Gasteiger partial charge in [-0.1, -0.05) is 26.3 Å². The summed E-state index contributed by atoms with van der Waals surface area (Å²) < 4.78 is 13.8. The van der Waals surface area contributed by atoms with E-state index in [4.69, 9.17) is 0 Å². The third-order valence-corrected chi connectivity index (χ3v) is 4.65. The number of halogens is 2. The minimum Gasteiger partial charge on any atom is -0.314 e. The molecule has 1 saturated carbocycles. The maximum absolute atomic E-state index is 13.2. The molecule has 18 heavy (non-hydrogen) atoms. The number of hydrogen-bond acceptors (Lipinski definition) is 1. The molecule has 1 fully saturated rings. The summed E-state index contributed by atoms with van der Waals surface area (Å²) in [5.74, 6) is 1.10. The summed E-state index contributed by atoms with van der Waals surface area (Å²) in [5, 5.41) is 3.61. The standard InChI is InChI=1S/C15H21BrFN/c1-3-7-18-15-9-12(11(15)4-2)10-5-6-14(17)13(16)8-10/h5-6,8,11-12,15,18H,3-4,7,9H2,1-2H3. The van der Waals surface area contributed by atoms with E-state index in [0.717, 1.165) is 6.54 Å². The van der Waals surface area contributed by atoms with Gasteiger partial charge in [0.25, 0.3) is 0 Å². The van der Waals surface area contributed by atoms with Gasteiger partial charge in [0.1, 0.15) is 5.82 Å². The van der Waals surface area contributed by atoms with Crippen LogP contribution in [0.5, 0.6) is 0 Å². The van der Waals surface area contributed by atoms with Crippen LogP contribution in [0.2, 0.25) is 0 Å². The van der Waals surface area contributed by atoms with Crippen LogP contribution in [-0.4, -0.2) is 12.6 Å². The van der Waals surface area contributed by atoms with Crippen LogP contribution >= 0.6 is 15.9 Å². The number of nitrogens with one attached hydrogen (secondary N) is 1. The van der Waals surface area contributed by atoms with Gasteiger partial charge in [-0.05, 0) is 64.8 Å². The molecular weight excluding hydrogens is 293 g/mol. The molecule has 1 aliphatic rings. The van der Waals surface area contributed by atoms with Crippen LogP contribution in [0, 0.1) is 11.7 Å². The number of benzene rings is 1. The zero-order valence-electron chi connectivity index (χ0n) is 11.0. The Balaban J connectivity index is 2.04. The molecule has 0 bridgehead atoms. The van der Waals surface area contributed by atoms with Crippen LogP contribution in [0.1, 0.15) is 44.6 Å². The van der Waals surface area contributed by atoms with Crippen molar-refractivity contribution in [1.29, 1.82) is 0 Å². The van der Waals surface area contributed by atoms with E-state index in [-0.39, 0.29) is 5.82 Å². The van der Waals surface area contributed by atoms with Gasteiger partial charge in [-0.3, -0.25) is 0 Å². The summed E-state index contributed by atoms with van der Waals surface area (Å²) >= 11 is 3.28. The molecule has 1 aromatic rings. The zero-order chi connectivity index (χ0) is 13.1. The van der Waals surface area contributed by atoms with E-state index in [0.29, 0.717) is 22.4 Å². The third kappa shape index (κ3) is 2.77. The van der Waals surface area contributed by atoms with Crippen LogP contribution in [0.4, 0.5) is 4.39 Å². The quantitative estimate of drug-likeness (QED) is 0.845. The van der Waals surface area contributed by atoms with Gasteiger partial charge in [0.15, 0.2) is 0 Å². The minimum absolute atomic E-state index is 0.174. The SMILES string of the molecule is CCCNC1CC(c2ccc(F)c(Br)c2)C1CC. The average molecular weight is 314 g/mol. The molecule has 0 saturated heterocycles. The molecule has 2 rings (SSSR count). The van der Waals surface area contributed by atoms with Crippen molar-refractivity contribution in [2.45, 2.75) is 45.1 Å². The van der Waals surface area contributed by atoms with Gasteiger partial charge < -0.3 is 5.32 Å². The van der Waals surface area contributed by atoms with Gasteiger partial charge in [0, 0.05) is 6.04 Å². The van der Waals surface area contributed by atoms with Gasteiger partial charge in [-0.25, -0.2) is 4.39 Å². The summed E-state index contributed by atoms with van der Waals surface area (Å²) in [6, 6.07) is 6.09. The second-order valence-corrected chi connectivity index (χ2v) is 6.00. The molecule has 100 valence electrons. The van der Waals surface area contributed by atoms with E-state index in [1.54, 1.807) is 6.07 Å². The molecule has 0 amide bonds. The highest BCUT2D eigenvalue weighted by Crippen LogP contribution is 2.45. The van der Waals surface area contributed by atoms with Crippen molar-refractivity contribution < 1.29 is 4.39 Å². The third-order valence-electron chi connectivity index (χ3n) is 4.04. The average Bonchev–Trinajstić information content (AvgIpc) is 2.33. The topological polar surface area (TPSA) is 12.0 Å². The number of hydrogen-bond donors (Lipinski definition) is 1. The fourth-order valence-corrected chi connectivity index (χ4v) is 3.36. The minimum atomic E-state index is -0.174. The van der Waals surface area contributed by atoms with Crippen molar-refractivity contribution in [3.8, 4) is 0 Å². The highest BCUT2D eigenvalue weighted by Gasteiger charge is 2.39. The van der Waals surface area contributed by atoms with E-state index in [1.807, 2.05) is 12.1 Å². The Morgan fingerprint density at radius 1 is 1.39 bits per heavy atom. The first-order chi connectivity index (χ1) is 8.67. The first kappa shape index (κ1) is 14.0. The van der Waals surface area contributed by atoms with E-state index in [9.17, 15) is 4.39 Å². The van der Waals surface area contributed by atoms with Crippen LogP contribution in [-0.2, 0) is 0 Å². The lowest BCUT2D eigenvalue weighted by Gasteiger charge is -2.45. The predicted octanol–water partition coefficient (Wildman–Crippen LogP) is 4.47. The Morgan fingerprint density at radius 2 is 2.17 bits per heavy atom. The van der Waals surface area contributed by atoms with Crippen LogP contribution in [0.3, 0.4) is 0 Å². The Hall–Kier alpha value is -0.410. The molecule has 1 N–H and O–H groups in total. The second-order valence-electron chi connectivity index (χ2n) is 5.15. The summed E-state index contributed by atoms with van der Waals surface area (Å²) in [6.45, 7) is 5.54. The lowest BCUT2D eigenvalue weighted by atomic mass is 9.65. The van der Waals surface area contributed by atoms with Crippen LogP contribution in [0.25, 0.3) is 0 Å². The van der Waals surface area contributed by atoms with Gasteiger partial charge >= 0.3 is 0 Å². The smallest absolute Gasteiger partial charge is 0.137 e. The van der Waals surface area contributed by atoms with Crippen molar-refractivity contribution in [2.24, 2.45) is 5.92 Å². The van der Waals surface area contributed by atoms with Crippen LogP contribution < -0.4 is 5.32 Å².